The molecule has 84 valence electrons. The van der Waals surface area contributed by atoms with Crippen molar-refractivity contribution in [3.63, 3.8) is 0 Å². The van der Waals surface area contributed by atoms with E-state index in [0.29, 0.717) is 0 Å². The molecule has 0 atom stereocenters. The van der Waals surface area contributed by atoms with Crippen LogP contribution in [0.1, 0.15) is 17.6 Å². The topological polar surface area (TPSA) is 18.5 Å². The Morgan fingerprint density at radius 3 is 2.53 bits per heavy atom. The highest BCUT2D eigenvalue weighted by Crippen LogP contribution is 2.32. The summed E-state index contributed by atoms with van der Waals surface area (Å²) in [5, 5.41) is 0. The normalized spacial score (nSPS) is 10.8. The Bertz CT molecular complexity index is 340. The van der Waals surface area contributed by atoms with Crippen LogP contribution in [-0.4, -0.2) is 13.9 Å². The summed E-state index contributed by atoms with van der Waals surface area (Å²) in [6.07, 6.45) is -2.91. The number of hydrogen-bond donors (Lipinski definition) is 0. The first-order valence-corrected chi connectivity index (χ1v) is 4.26. The summed E-state index contributed by atoms with van der Waals surface area (Å²) in [7, 11) is 1.35. The van der Waals surface area contributed by atoms with Gasteiger partial charge in [0.2, 0.25) is 0 Å². The molecule has 0 N–H and O–H groups in total. The molecular weight excluding hydrogens is 209 g/mol. The molecule has 0 spiro atoms. The van der Waals surface area contributed by atoms with E-state index in [0.717, 1.165) is 0 Å². The number of rotatable bonds is 4. The van der Waals surface area contributed by atoms with Crippen molar-refractivity contribution in [3.8, 4) is 5.75 Å². The van der Waals surface area contributed by atoms with Crippen LogP contribution in [0.5, 0.6) is 5.75 Å². The molecule has 0 bridgehead atoms. The standard InChI is InChI=1S/C10H11F3O2/c1-6-3-4-7(15-5-14-2)8(9(6)11)10(12)13/h3-4,10H,5H2,1-2H3. The highest BCUT2D eigenvalue weighted by molar-refractivity contribution is 5.39. The van der Waals surface area contributed by atoms with Crippen LogP contribution in [-0.2, 0) is 4.74 Å². The van der Waals surface area contributed by atoms with Crippen molar-refractivity contribution in [3.05, 3.63) is 29.1 Å². The van der Waals surface area contributed by atoms with Crippen LogP contribution in [0.4, 0.5) is 13.2 Å². The Morgan fingerprint density at radius 1 is 1.33 bits per heavy atom. The van der Waals surface area contributed by atoms with E-state index in [1.54, 1.807) is 0 Å². The number of aryl methyl sites for hydroxylation is 1. The molecule has 0 aliphatic rings. The van der Waals surface area contributed by atoms with Gasteiger partial charge >= 0.3 is 0 Å². The molecular formula is C10H11F3O2. The average molecular weight is 220 g/mol. The maximum atomic E-state index is 13.3. The van der Waals surface area contributed by atoms with Gasteiger partial charge in [0.25, 0.3) is 6.43 Å². The SMILES string of the molecule is COCOc1ccc(C)c(F)c1C(F)F. The molecule has 0 amide bonds. The third-order valence-electron chi connectivity index (χ3n) is 1.88. The maximum absolute atomic E-state index is 13.3. The summed E-state index contributed by atoms with van der Waals surface area (Å²) in [5.74, 6) is -1.12. The molecule has 1 aromatic rings. The fourth-order valence-corrected chi connectivity index (χ4v) is 1.14. The zero-order chi connectivity index (χ0) is 11.4. The summed E-state index contributed by atoms with van der Waals surface area (Å²) in [6.45, 7) is 1.23. The number of hydrogen-bond acceptors (Lipinski definition) is 2. The lowest BCUT2D eigenvalue weighted by atomic mass is 10.1. The molecule has 1 aromatic carbocycles. The minimum Gasteiger partial charge on any atom is -0.467 e. The second-order valence-corrected chi connectivity index (χ2v) is 2.96. The van der Waals surface area contributed by atoms with Gasteiger partial charge in [0.1, 0.15) is 11.6 Å². The van der Waals surface area contributed by atoms with Gasteiger partial charge in [0, 0.05) is 7.11 Å². The van der Waals surface area contributed by atoms with Crippen molar-refractivity contribution in [2.45, 2.75) is 13.3 Å². The molecule has 0 heterocycles. The first-order valence-electron chi connectivity index (χ1n) is 4.26. The van der Waals surface area contributed by atoms with Gasteiger partial charge in [0.05, 0.1) is 5.56 Å². The van der Waals surface area contributed by atoms with E-state index in [2.05, 4.69) is 4.74 Å². The largest absolute Gasteiger partial charge is 0.467 e. The Labute approximate surface area is 85.6 Å². The van der Waals surface area contributed by atoms with Crippen LogP contribution in [0, 0.1) is 12.7 Å². The number of methoxy groups -OCH3 is 1. The number of alkyl halides is 2. The maximum Gasteiger partial charge on any atom is 0.270 e. The van der Waals surface area contributed by atoms with Crippen molar-refractivity contribution in [2.24, 2.45) is 0 Å². The summed E-state index contributed by atoms with van der Waals surface area (Å²) >= 11 is 0. The van der Waals surface area contributed by atoms with Crippen molar-refractivity contribution < 1.29 is 22.6 Å². The fraction of sp³-hybridized carbons (Fsp3) is 0.400. The van der Waals surface area contributed by atoms with Crippen molar-refractivity contribution >= 4 is 0 Å². The molecule has 15 heavy (non-hydrogen) atoms. The van der Waals surface area contributed by atoms with Gasteiger partial charge in [-0.3, -0.25) is 0 Å². The predicted molar refractivity (Wildman–Crippen MR) is 48.6 cm³/mol. The van der Waals surface area contributed by atoms with Gasteiger partial charge in [-0.05, 0) is 18.6 Å². The summed E-state index contributed by atoms with van der Waals surface area (Å²) in [5.41, 5.74) is -0.554. The van der Waals surface area contributed by atoms with Crippen LogP contribution < -0.4 is 4.74 Å². The predicted octanol–water partition coefficient (Wildman–Crippen LogP) is 3.05. The third kappa shape index (κ3) is 2.62. The molecule has 0 aliphatic carbocycles. The van der Waals surface area contributed by atoms with Gasteiger partial charge in [0.15, 0.2) is 6.79 Å². The van der Waals surface area contributed by atoms with E-state index in [-0.39, 0.29) is 18.1 Å². The van der Waals surface area contributed by atoms with Crippen LogP contribution >= 0.6 is 0 Å². The van der Waals surface area contributed by atoms with Crippen molar-refractivity contribution in [1.82, 2.24) is 0 Å². The zero-order valence-corrected chi connectivity index (χ0v) is 8.39. The molecule has 0 saturated carbocycles. The Kier molecular flexibility index (Phi) is 3.96. The first kappa shape index (κ1) is 11.8. The molecule has 2 nitrogen and oxygen atoms in total. The zero-order valence-electron chi connectivity index (χ0n) is 8.39. The third-order valence-corrected chi connectivity index (χ3v) is 1.88. The minimum absolute atomic E-state index is 0.162. The summed E-state index contributed by atoms with van der Waals surface area (Å²) < 4.78 is 47.8. The van der Waals surface area contributed by atoms with Crippen LogP contribution in [0.3, 0.4) is 0 Å². The second kappa shape index (κ2) is 5.02. The molecule has 0 unspecified atom stereocenters. The van der Waals surface area contributed by atoms with E-state index in [9.17, 15) is 13.2 Å². The van der Waals surface area contributed by atoms with E-state index in [1.807, 2.05) is 0 Å². The van der Waals surface area contributed by atoms with Crippen LogP contribution in [0.15, 0.2) is 12.1 Å². The van der Waals surface area contributed by atoms with Gasteiger partial charge < -0.3 is 9.47 Å². The quantitative estimate of drug-likeness (QED) is 0.726. The Morgan fingerprint density at radius 2 is 2.00 bits per heavy atom. The van der Waals surface area contributed by atoms with Gasteiger partial charge in [-0.1, -0.05) is 6.07 Å². The van der Waals surface area contributed by atoms with Crippen LogP contribution in [0.2, 0.25) is 0 Å². The Hall–Kier alpha value is -1.23. The van der Waals surface area contributed by atoms with E-state index in [1.165, 1.54) is 26.2 Å². The summed E-state index contributed by atoms with van der Waals surface area (Å²) in [4.78, 5) is 0. The lowest BCUT2D eigenvalue weighted by Gasteiger charge is -2.12. The summed E-state index contributed by atoms with van der Waals surface area (Å²) in [6, 6.07) is 2.69. The Balaban J connectivity index is 3.09. The lowest BCUT2D eigenvalue weighted by Crippen LogP contribution is -2.04. The fourth-order valence-electron chi connectivity index (χ4n) is 1.14. The highest BCUT2D eigenvalue weighted by Gasteiger charge is 2.21. The van der Waals surface area contributed by atoms with E-state index >= 15 is 0 Å². The van der Waals surface area contributed by atoms with Crippen molar-refractivity contribution in [1.29, 1.82) is 0 Å². The molecule has 0 aliphatic heterocycles. The molecule has 0 aromatic heterocycles. The monoisotopic (exact) mass is 220 g/mol. The molecule has 0 saturated heterocycles. The average Bonchev–Trinajstić information content (AvgIpc) is 2.19. The van der Waals surface area contributed by atoms with Crippen molar-refractivity contribution in [2.75, 3.05) is 13.9 Å². The van der Waals surface area contributed by atoms with Gasteiger partial charge in [-0.25, -0.2) is 13.2 Å². The highest BCUT2D eigenvalue weighted by atomic mass is 19.3. The molecule has 0 radical (unpaired) electrons. The molecule has 1 rings (SSSR count). The number of benzene rings is 1. The van der Waals surface area contributed by atoms with E-state index in [4.69, 9.17) is 4.74 Å². The van der Waals surface area contributed by atoms with Crippen LogP contribution in [0.25, 0.3) is 0 Å². The number of ether oxygens (including phenoxy) is 2. The minimum atomic E-state index is -2.91. The molecule has 0 fully saturated rings. The van der Waals surface area contributed by atoms with E-state index < -0.39 is 17.8 Å². The lowest BCUT2D eigenvalue weighted by molar-refractivity contribution is 0.0459. The molecule has 5 heteroatoms. The smallest absolute Gasteiger partial charge is 0.270 e. The van der Waals surface area contributed by atoms with Gasteiger partial charge in [-0.15, -0.1) is 0 Å². The number of halogens is 3. The first-order chi connectivity index (χ1) is 7.07. The van der Waals surface area contributed by atoms with Gasteiger partial charge in [-0.2, -0.15) is 0 Å². The second-order valence-electron chi connectivity index (χ2n) is 2.96.